The Hall–Kier alpha value is -1.45. The summed E-state index contributed by atoms with van der Waals surface area (Å²) in [5, 5.41) is 6.14. The van der Waals surface area contributed by atoms with Crippen molar-refractivity contribution in [3.8, 4) is 0 Å². The van der Waals surface area contributed by atoms with E-state index >= 15 is 0 Å². The van der Waals surface area contributed by atoms with Crippen molar-refractivity contribution in [2.75, 3.05) is 13.2 Å². The molecule has 1 aliphatic heterocycles. The molecule has 0 spiro atoms. The number of ether oxygens (including phenoxy) is 1. The van der Waals surface area contributed by atoms with Gasteiger partial charge in [0, 0.05) is 24.4 Å². The van der Waals surface area contributed by atoms with E-state index in [9.17, 15) is 0 Å². The molecular weight excluding hydrogens is 248 g/mol. The van der Waals surface area contributed by atoms with Gasteiger partial charge in [-0.2, -0.15) is 0 Å². The zero-order chi connectivity index (χ0) is 13.8. The Kier molecular flexibility index (Phi) is 4.28. The number of nitrogens with zero attached hydrogens (tertiary/aromatic N) is 1. The van der Waals surface area contributed by atoms with Gasteiger partial charge in [-0.1, -0.05) is 31.2 Å². The molecule has 1 aromatic heterocycles. The number of hydrogen-bond acceptors (Lipinski definition) is 3. The zero-order valence-corrected chi connectivity index (χ0v) is 12.0. The van der Waals surface area contributed by atoms with Crippen molar-refractivity contribution >= 4 is 10.8 Å². The van der Waals surface area contributed by atoms with Gasteiger partial charge in [0.2, 0.25) is 0 Å². The third kappa shape index (κ3) is 2.69. The highest BCUT2D eigenvalue weighted by molar-refractivity contribution is 5.85. The minimum Gasteiger partial charge on any atom is -0.376 e. The first-order valence-corrected chi connectivity index (χ1v) is 7.58. The highest BCUT2D eigenvalue weighted by Crippen LogP contribution is 2.31. The summed E-state index contributed by atoms with van der Waals surface area (Å²) in [5.74, 6) is 0. The highest BCUT2D eigenvalue weighted by Gasteiger charge is 2.28. The van der Waals surface area contributed by atoms with Gasteiger partial charge in [-0.15, -0.1) is 0 Å². The maximum atomic E-state index is 5.93. The highest BCUT2D eigenvalue weighted by atomic mass is 16.5. The quantitative estimate of drug-likeness (QED) is 0.903. The van der Waals surface area contributed by atoms with E-state index in [2.05, 4.69) is 41.5 Å². The number of benzene rings is 1. The Labute approximate surface area is 120 Å². The van der Waals surface area contributed by atoms with E-state index in [1.807, 2.05) is 12.4 Å². The standard InChI is InChI=1S/C17H22N2O/c1-2-9-19-17(16-8-5-10-20-16)15-12-18-11-13-6-3-4-7-14(13)15/h3-4,6-7,11-12,16-17,19H,2,5,8-10H2,1H3. The van der Waals surface area contributed by atoms with E-state index in [0.717, 1.165) is 32.4 Å². The maximum Gasteiger partial charge on any atom is 0.0771 e. The molecule has 106 valence electrons. The fourth-order valence-electron chi connectivity index (χ4n) is 2.99. The molecule has 1 N–H and O–H groups in total. The van der Waals surface area contributed by atoms with Gasteiger partial charge in [0.1, 0.15) is 0 Å². The van der Waals surface area contributed by atoms with Crippen LogP contribution in [0.1, 0.15) is 37.8 Å². The Morgan fingerprint density at radius 3 is 3.05 bits per heavy atom. The molecule has 2 unspecified atom stereocenters. The molecule has 1 saturated heterocycles. The van der Waals surface area contributed by atoms with Crippen molar-refractivity contribution in [3.05, 3.63) is 42.2 Å². The van der Waals surface area contributed by atoms with E-state index in [0.29, 0.717) is 0 Å². The molecule has 0 bridgehead atoms. The fourth-order valence-corrected chi connectivity index (χ4v) is 2.99. The second-order valence-electron chi connectivity index (χ2n) is 5.43. The molecule has 2 atom stereocenters. The molecular formula is C17H22N2O. The topological polar surface area (TPSA) is 34.2 Å². The third-order valence-electron chi connectivity index (χ3n) is 3.99. The first kappa shape index (κ1) is 13.5. The van der Waals surface area contributed by atoms with E-state index < -0.39 is 0 Å². The number of pyridine rings is 1. The Morgan fingerprint density at radius 2 is 2.25 bits per heavy atom. The second kappa shape index (κ2) is 6.33. The predicted octanol–water partition coefficient (Wildman–Crippen LogP) is 3.45. The lowest BCUT2D eigenvalue weighted by Gasteiger charge is -2.25. The van der Waals surface area contributed by atoms with Gasteiger partial charge in [0.05, 0.1) is 12.1 Å². The van der Waals surface area contributed by atoms with Gasteiger partial charge < -0.3 is 10.1 Å². The van der Waals surface area contributed by atoms with Crippen molar-refractivity contribution in [2.24, 2.45) is 0 Å². The number of hydrogen-bond donors (Lipinski definition) is 1. The van der Waals surface area contributed by atoms with Crippen molar-refractivity contribution < 1.29 is 4.74 Å². The summed E-state index contributed by atoms with van der Waals surface area (Å²) in [6.07, 6.45) is 7.62. The van der Waals surface area contributed by atoms with Gasteiger partial charge in [0.25, 0.3) is 0 Å². The number of nitrogens with one attached hydrogen (secondary N) is 1. The van der Waals surface area contributed by atoms with Crippen LogP contribution in [0.25, 0.3) is 10.8 Å². The second-order valence-corrected chi connectivity index (χ2v) is 5.43. The SMILES string of the molecule is CCCNC(c1cncc2ccccc12)C1CCCO1. The van der Waals surface area contributed by atoms with Crippen LogP contribution in [0, 0.1) is 0 Å². The molecule has 1 aromatic carbocycles. The molecule has 0 saturated carbocycles. The molecule has 20 heavy (non-hydrogen) atoms. The molecule has 1 fully saturated rings. The summed E-state index contributed by atoms with van der Waals surface area (Å²) < 4.78 is 5.93. The lowest BCUT2D eigenvalue weighted by molar-refractivity contribution is 0.0786. The summed E-state index contributed by atoms with van der Waals surface area (Å²) in [5.41, 5.74) is 1.27. The van der Waals surface area contributed by atoms with Crippen LogP contribution in [0.15, 0.2) is 36.7 Å². The summed E-state index contributed by atoms with van der Waals surface area (Å²) in [6.45, 7) is 4.09. The van der Waals surface area contributed by atoms with Gasteiger partial charge in [-0.25, -0.2) is 0 Å². The fraction of sp³-hybridized carbons (Fsp3) is 0.471. The lowest BCUT2D eigenvalue weighted by atomic mass is 9.96. The van der Waals surface area contributed by atoms with Gasteiger partial charge in [0.15, 0.2) is 0 Å². The normalized spacial score (nSPS) is 20.4. The molecule has 2 heterocycles. The molecule has 3 nitrogen and oxygen atoms in total. The summed E-state index contributed by atoms with van der Waals surface area (Å²) in [4.78, 5) is 4.42. The Bertz CT molecular complexity index is 558. The largest absolute Gasteiger partial charge is 0.376 e. The number of rotatable bonds is 5. The predicted molar refractivity (Wildman–Crippen MR) is 81.8 cm³/mol. The van der Waals surface area contributed by atoms with Crippen LogP contribution >= 0.6 is 0 Å². The number of aromatic nitrogens is 1. The number of fused-ring (bicyclic) bond motifs is 1. The monoisotopic (exact) mass is 270 g/mol. The van der Waals surface area contributed by atoms with Crippen LogP contribution in [0.4, 0.5) is 0 Å². The molecule has 0 aliphatic carbocycles. The minimum atomic E-state index is 0.246. The average Bonchev–Trinajstić information content (AvgIpc) is 3.02. The van der Waals surface area contributed by atoms with Crippen molar-refractivity contribution in [2.45, 2.75) is 38.3 Å². The van der Waals surface area contributed by atoms with Crippen LogP contribution in [-0.2, 0) is 4.74 Å². The molecule has 0 amide bonds. The molecule has 3 rings (SSSR count). The first-order valence-electron chi connectivity index (χ1n) is 7.58. The van der Waals surface area contributed by atoms with Crippen molar-refractivity contribution in [3.63, 3.8) is 0 Å². The Morgan fingerprint density at radius 1 is 1.35 bits per heavy atom. The van der Waals surface area contributed by atoms with Crippen LogP contribution < -0.4 is 5.32 Å². The summed E-state index contributed by atoms with van der Waals surface area (Å²) in [6, 6.07) is 8.71. The van der Waals surface area contributed by atoms with Crippen LogP contribution in [0.3, 0.4) is 0 Å². The molecule has 1 aliphatic rings. The van der Waals surface area contributed by atoms with E-state index in [-0.39, 0.29) is 12.1 Å². The third-order valence-corrected chi connectivity index (χ3v) is 3.99. The van der Waals surface area contributed by atoms with E-state index in [1.165, 1.54) is 16.3 Å². The molecule has 3 heteroatoms. The van der Waals surface area contributed by atoms with E-state index in [1.54, 1.807) is 0 Å². The summed E-state index contributed by atoms with van der Waals surface area (Å²) >= 11 is 0. The van der Waals surface area contributed by atoms with Crippen LogP contribution in [0.2, 0.25) is 0 Å². The zero-order valence-electron chi connectivity index (χ0n) is 12.0. The van der Waals surface area contributed by atoms with Gasteiger partial charge in [-0.3, -0.25) is 4.98 Å². The van der Waals surface area contributed by atoms with E-state index in [4.69, 9.17) is 4.74 Å². The van der Waals surface area contributed by atoms with Crippen LogP contribution in [-0.4, -0.2) is 24.2 Å². The maximum absolute atomic E-state index is 5.93. The molecule has 0 radical (unpaired) electrons. The van der Waals surface area contributed by atoms with Crippen LogP contribution in [0.5, 0.6) is 0 Å². The minimum absolute atomic E-state index is 0.246. The Balaban J connectivity index is 1.99. The lowest BCUT2D eigenvalue weighted by Crippen LogP contribution is -2.32. The first-order chi connectivity index (χ1) is 9.90. The molecule has 2 aromatic rings. The van der Waals surface area contributed by atoms with Crippen molar-refractivity contribution in [1.29, 1.82) is 0 Å². The summed E-state index contributed by atoms with van der Waals surface area (Å²) in [7, 11) is 0. The van der Waals surface area contributed by atoms with Crippen molar-refractivity contribution in [1.82, 2.24) is 10.3 Å². The van der Waals surface area contributed by atoms with Gasteiger partial charge in [-0.05, 0) is 36.8 Å². The smallest absolute Gasteiger partial charge is 0.0771 e. The van der Waals surface area contributed by atoms with Gasteiger partial charge >= 0.3 is 0 Å². The average molecular weight is 270 g/mol.